The Morgan fingerprint density at radius 1 is 1.11 bits per heavy atom. The van der Waals surface area contributed by atoms with Gasteiger partial charge in [0.1, 0.15) is 0 Å². The molecule has 1 aliphatic rings. The highest BCUT2D eigenvalue weighted by molar-refractivity contribution is 5.79. The summed E-state index contributed by atoms with van der Waals surface area (Å²) in [6, 6.07) is 18.4. The summed E-state index contributed by atoms with van der Waals surface area (Å²) in [5.74, 6) is 1.33. The van der Waals surface area contributed by atoms with Crippen LogP contribution < -0.4 is 0 Å². The molecular weight excluding hydrogens is 338 g/mol. The summed E-state index contributed by atoms with van der Waals surface area (Å²) in [6.07, 6.45) is 2.40. The lowest BCUT2D eigenvalue weighted by molar-refractivity contribution is -0.127. The SMILES string of the molecule is Cc1ccc(-c2nc(C3CC(=O)N(CCCc4ccccc4)C3)no2)cc1. The van der Waals surface area contributed by atoms with Gasteiger partial charge in [0.15, 0.2) is 5.82 Å². The predicted octanol–water partition coefficient (Wildman–Crippen LogP) is 3.99. The summed E-state index contributed by atoms with van der Waals surface area (Å²) in [5.41, 5.74) is 3.40. The monoisotopic (exact) mass is 361 g/mol. The minimum atomic E-state index is 0.0113. The van der Waals surface area contributed by atoms with Gasteiger partial charge in [-0.3, -0.25) is 4.79 Å². The molecule has 0 aliphatic carbocycles. The second-order valence-corrected chi connectivity index (χ2v) is 7.15. The standard InChI is InChI=1S/C22H23N3O2/c1-16-9-11-18(12-10-16)22-23-21(24-27-22)19-14-20(26)25(15-19)13-5-8-17-6-3-2-4-7-17/h2-4,6-7,9-12,19H,5,8,13-15H2,1H3. The first kappa shape index (κ1) is 17.5. The molecule has 0 bridgehead atoms. The summed E-state index contributed by atoms with van der Waals surface area (Å²) in [6.45, 7) is 3.48. The maximum atomic E-state index is 12.4. The van der Waals surface area contributed by atoms with Crippen LogP contribution in [0.4, 0.5) is 0 Å². The number of aryl methyl sites for hydroxylation is 2. The maximum absolute atomic E-state index is 12.4. The van der Waals surface area contributed by atoms with Crippen molar-refractivity contribution in [2.75, 3.05) is 13.1 Å². The highest BCUT2D eigenvalue weighted by Crippen LogP contribution is 2.28. The molecular formula is C22H23N3O2. The quantitative estimate of drug-likeness (QED) is 0.666. The highest BCUT2D eigenvalue weighted by atomic mass is 16.5. The molecule has 0 N–H and O–H groups in total. The molecule has 1 atom stereocenters. The molecule has 1 amide bonds. The van der Waals surface area contributed by atoms with Crippen molar-refractivity contribution >= 4 is 5.91 Å². The first-order valence-corrected chi connectivity index (χ1v) is 9.41. The Labute approximate surface area is 159 Å². The summed E-state index contributed by atoms with van der Waals surface area (Å²) in [5, 5.41) is 4.13. The Bertz CT molecular complexity index is 903. The molecule has 1 aromatic heterocycles. The van der Waals surface area contributed by atoms with Crippen LogP contribution in [-0.2, 0) is 11.2 Å². The fourth-order valence-electron chi connectivity index (χ4n) is 3.49. The number of nitrogens with zero attached hydrogens (tertiary/aromatic N) is 3. The van der Waals surface area contributed by atoms with E-state index in [1.807, 2.05) is 54.3 Å². The molecule has 1 fully saturated rings. The van der Waals surface area contributed by atoms with Crippen LogP contribution in [0, 0.1) is 6.92 Å². The van der Waals surface area contributed by atoms with Gasteiger partial charge in [0.05, 0.1) is 0 Å². The topological polar surface area (TPSA) is 59.2 Å². The van der Waals surface area contributed by atoms with Gasteiger partial charge in [0.25, 0.3) is 5.89 Å². The summed E-state index contributed by atoms with van der Waals surface area (Å²) in [4.78, 5) is 18.8. The number of carbonyl (C=O) groups excluding carboxylic acids is 1. The van der Waals surface area contributed by atoms with Crippen LogP contribution in [0.3, 0.4) is 0 Å². The zero-order valence-electron chi connectivity index (χ0n) is 15.5. The van der Waals surface area contributed by atoms with Gasteiger partial charge in [-0.2, -0.15) is 4.98 Å². The Morgan fingerprint density at radius 2 is 1.89 bits per heavy atom. The van der Waals surface area contributed by atoms with E-state index in [2.05, 4.69) is 22.3 Å². The summed E-state index contributed by atoms with van der Waals surface area (Å²) in [7, 11) is 0. The van der Waals surface area contributed by atoms with E-state index in [0.29, 0.717) is 24.7 Å². The van der Waals surface area contributed by atoms with Gasteiger partial charge < -0.3 is 9.42 Å². The van der Waals surface area contributed by atoms with Crippen molar-refractivity contribution in [2.24, 2.45) is 0 Å². The second kappa shape index (κ2) is 7.74. The highest BCUT2D eigenvalue weighted by Gasteiger charge is 2.33. The third-order valence-electron chi connectivity index (χ3n) is 5.06. The normalized spacial score (nSPS) is 16.9. The molecule has 5 nitrogen and oxygen atoms in total. The van der Waals surface area contributed by atoms with Gasteiger partial charge in [0.2, 0.25) is 5.91 Å². The maximum Gasteiger partial charge on any atom is 0.257 e. The number of hydrogen-bond donors (Lipinski definition) is 0. The third-order valence-corrected chi connectivity index (χ3v) is 5.06. The van der Waals surface area contributed by atoms with Crippen LogP contribution in [0.1, 0.15) is 35.7 Å². The molecule has 1 unspecified atom stereocenters. The van der Waals surface area contributed by atoms with Crippen LogP contribution in [0.15, 0.2) is 59.1 Å². The van der Waals surface area contributed by atoms with Gasteiger partial charge in [-0.05, 0) is 37.5 Å². The van der Waals surface area contributed by atoms with Crippen molar-refractivity contribution in [2.45, 2.75) is 32.1 Å². The fourth-order valence-corrected chi connectivity index (χ4v) is 3.49. The number of aromatic nitrogens is 2. The smallest absolute Gasteiger partial charge is 0.257 e. The number of benzene rings is 2. The summed E-state index contributed by atoms with van der Waals surface area (Å²) >= 11 is 0. The van der Waals surface area contributed by atoms with E-state index in [1.54, 1.807) is 0 Å². The van der Waals surface area contributed by atoms with Crippen molar-refractivity contribution < 1.29 is 9.32 Å². The van der Waals surface area contributed by atoms with Gasteiger partial charge in [-0.25, -0.2) is 0 Å². The van der Waals surface area contributed by atoms with E-state index < -0.39 is 0 Å². The van der Waals surface area contributed by atoms with Gasteiger partial charge in [0, 0.05) is 31.0 Å². The van der Waals surface area contributed by atoms with Crippen LogP contribution in [0.5, 0.6) is 0 Å². The molecule has 0 radical (unpaired) electrons. The molecule has 3 aromatic rings. The minimum absolute atomic E-state index is 0.0113. The van der Waals surface area contributed by atoms with Crippen molar-refractivity contribution in [3.63, 3.8) is 0 Å². The zero-order chi connectivity index (χ0) is 18.6. The van der Waals surface area contributed by atoms with Gasteiger partial charge in [-0.1, -0.05) is 53.2 Å². The molecule has 4 rings (SSSR count). The Balaban J connectivity index is 1.35. The van der Waals surface area contributed by atoms with Crippen LogP contribution in [0.2, 0.25) is 0 Å². The first-order valence-electron chi connectivity index (χ1n) is 9.41. The Kier molecular flexibility index (Phi) is 5.01. The number of hydrogen-bond acceptors (Lipinski definition) is 4. The number of likely N-dealkylation sites (tertiary alicyclic amines) is 1. The second-order valence-electron chi connectivity index (χ2n) is 7.15. The molecule has 138 valence electrons. The van der Waals surface area contributed by atoms with Crippen LogP contribution >= 0.6 is 0 Å². The number of rotatable bonds is 6. The molecule has 2 aromatic carbocycles. The van der Waals surface area contributed by atoms with Gasteiger partial charge in [-0.15, -0.1) is 0 Å². The van der Waals surface area contributed by atoms with E-state index in [0.717, 1.165) is 24.9 Å². The molecule has 0 saturated carbocycles. The average molecular weight is 361 g/mol. The van der Waals surface area contributed by atoms with Crippen molar-refractivity contribution in [1.29, 1.82) is 0 Å². The van der Waals surface area contributed by atoms with Crippen molar-refractivity contribution in [3.8, 4) is 11.5 Å². The number of amides is 1. The first-order chi connectivity index (χ1) is 13.2. The fraction of sp³-hybridized carbons (Fsp3) is 0.318. The number of carbonyl (C=O) groups is 1. The minimum Gasteiger partial charge on any atom is -0.342 e. The molecule has 5 heteroatoms. The van der Waals surface area contributed by atoms with E-state index in [4.69, 9.17) is 4.52 Å². The van der Waals surface area contributed by atoms with E-state index in [1.165, 1.54) is 11.1 Å². The Hall–Kier alpha value is -2.95. The van der Waals surface area contributed by atoms with E-state index in [9.17, 15) is 4.79 Å². The van der Waals surface area contributed by atoms with Crippen molar-refractivity contribution in [1.82, 2.24) is 15.0 Å². The van der Waals surface area contributed by atoms with E-state index >= 15 is 0 Å². The van der Waals surface area contributed by atoms with Crippen LogP contribution in [-0.4, -0.2) is 34.0 Å². The zero-order valence-corrected chi connectivity index (χ0v) is 15.5. The largest absolute Gasteiger partial charge is 0.342 e. The summed E-state index contributed by atoms with van der Waals surface area (Å²) < 4.78 is 5.42. The third kappa shape index (κ3) is 4.08. The molecule has 1 saturated heterocycles. The average Bonchev–Trinajstić information content (AvgIpc) is 3.31. The lowest BCUT2D eigenvalue weighted by atomic mass is 10.1. The predicted molar refractivity (Wildman–Crippen MR) is 103 cm³/mol. The van der Waals surface area contributed by atoms with Crippen molar-refractivity contribution in [3.05, 3.63) is 71.5 Å². The molecule has 1 aliphatic heterocycles. The molecule has 27 heavy (non-hydrogen) atoms. The lowest BCUT2D eigenvalue weighted by Crippen LogP contribution is -2.26. The molecule has 0 spiro atoms. The van der Waals surface area contributed by atoms with Crippen LogP contribution in [0.25, 0.3) is 11.5 Å². The Morgan fingerprint density at radius 3 is 2.67 bits per heavy atom. The van der Waals surface area contributed by atoms with Gasteiger partial charge >= 0.3 is 0 Å². The molecule has 2 heterocycles. The van der Waals surface area contributed by atoms with E-state index in [-0.39, 0.29) is 11.8 Å². The lowest BCUT2D eigenvalue weighted by Gasteiger charge is -2.15.